The van der Waals surface area contributed by atoms with E-state index in [0.29, 0.717) is 25.6 Å². The minimum absolute atomic E-state index is 0.174. The fraction of sp³-hybridized carbons (Fsp3) is 0.591. The third kappa shape index (κ3) is 4.99. The summed E-state index contributed by atoms with van der Waals surface area (Å²) >= 11 is 0. The number of rotatable bonds is 5. The number of aromatic amines is 1. The first-order chi connectivity index (χ1) is 14.9. The summed E-state index contributed by atoms with van der Waals surface area (Å²) in [6.07, 6.45) is 2.54. The maximum Gasteiger partial charge on any atom is 0.405 e. The normalized spacial score (nSPS) is 20.1. The standard InChI is InChI=1S/C22H32N6O3/c1-15-11-16(12-17-14-24-25-20(15)17)13-19(31-22(23)30)21(29)28-9-7-27(8-10-28)18-3-5-26(2)6-4-18/h11-12,14,18-19H,3-10,13H2,1-2H3,(H2,23,30)(H,24,25). The van der Waals surface area contributed by atoms with Crippen molar-refractivity contribution in [3.63, 3.8) is 0 Å². The summed E-state index contributed by atoms with van der Waals surface area (Å²) in [6, 6.07) is 4.55. The minimum atomic E-state index is -0.926. The molecular formula is C22H32N6O3. The molecular weight excluding hydrogens is 396 g/mol. The van der Waals surface area contributed by atoms with Crippen molar-refractivity contribution in [2.45, 2.75) is 38.3 Å². The van der Waals surface area contributed by atoms with Gasteiger partial charge in [0.05, 0.1) is 11.7 Å². The first-order valence-electron chi connectivity index (χ1n) is 11.0. The second-order valence-electron chi connectivity index (χ2n) is 8.77. The van der Waals surface area contributed by atoms with Crippen molar-refractivity contribution in [3.05, 3.63) is 29.5 Å². The number of carbonyl (C=O) groups is 2. The number of ether oxygens (including phenoxy) is 1. The van der Waals surface area contributed by atoms with Gasteiger partial charge in [-0.1, -0.05) is 6.07 Å². The van der Waals surface area contributed by atoms with Crippen LogP contribution in [0.25, 0.3) is 10.9 Å². The molecule has 1 unspecified atom stereocenters. The number of primary amides is 1. The van der Waals surface area contributed by atoms with E-state index in [0.717, 1.165) is 48.2 Å². The summed E-state index contributed by atoms with van der Waals surface area (Å²) < 4.78 is 5.26. The molecule has 2 aliphatic heterocycles. The number of amides is 2. The number of nitrogens with zero attached hydrogens (tertiary/aromatic N) is 4. The van der Waals surface area contributed by atoms with Gasteiger partial charge in [-0.3, -0.25) is 14.8 Å². The van der Waals surface area contributed by atoms with Crippen molar-refractivity contribution in [2.75, 3.05) is 46.3 Å². The van der Waals surface area contributed by atoms with E-state index in [1.807, 2.05) is 24.0 Å². The van der Waals surface area contributed by atoms with Crippen molar-refractivity contribution in [2.24, 2.45) is 5.73 Å². The number of nitrogens with two attached hydrogens (primary N) is 1. The van der Waals surface area contributed by atoms with Crippen LogP contribution in [0, 0.1) is 6.92 Å². The molecule has 168 valence electrons. The van der Waals surface area contributed by atoms with E-state index in [-0.39, 0.29) is 5.91 Å². The Morgan fingerprint density at radius 2 is 1.90 bits per heavy atom. The van der Waals surface area contributed by atoms with Crippen molar-refractivity contribution >= 4 is 22.9 Å². The van der Waals surface area contributed by atoms with Crippen LogP contribution in [0.3, 0.4) is 0 Å². The number of aryl methyl sites for hydroxylation is 1. The Bertz CT molecular complexity index is 928. The van der Waals surface area contributed by atoms with Crippen molar-refractivity contribution < 1.29 is 14.3 Å². The Labute approximate surface area is 182 Å². The topological polar surface area (TPSA) is 108 Å². The molecule has 0 saturated carbocycles. The number of hydrogen-bond donors (Lipinski definition) is 2. The van der Waals surface area contributed by atoms with Crippen molar-refractivity contribution in [1.29, 1.82) is 0 Å². The van der Waals surface area contributed by atoms with E-state index in [1.54, 1.807) is 6.20 Å². The van der Waals surface area contributed by atoms with Crippen LogP contribution < -0.4 is 5.73 Å². The molecule has 3 heterocycles. The number of hydrogen-bond acceptors (Lipinski definition) is 6. The van der Waals surface area contributed by atoms with Crippen LogP contribution in [0.15, 0.2) is 18.3 Å². The fourth-order valence-corrected chi connectivity index (χ4v) is 4.84. The molecule has 9 heteroatoms. The molecule has 31 heavy (non-hydrogen) atoms. The van der Waals surface area contributed by atoms with Crippen LogP contribution in [0.5, 0.6) is 0 Å². The zero-order valence-corrected chi connectivity index (χ0v) is 18.3. The van der Waals surface area contributed by atoms with Gasteiger partial charge >= 0.3 is 6.09 Å². The summed E-state index contributed by atoms with van der Waals surface area (Å²) in [5, 5.41) is 8.01. The average molecular weight is 429 g/mol. The van der Waals surface area contributed by atoms with Crippen LogP contribution in [0.2, 0.25) is 0 Å². The zero-order chi connectivity index (χ0) is 22.0. The predicted octanol–water partition coefficient (Wildman–Crippen LogP) is 1.12. The molecule has 0 bridgehead atoms. The van der Waals surface area contributed by atoms with E-state index in [4.69, 9.17) is 10.5 Å². The van der Waals surface area contributed by atoms with Crippen molar-refractivity contribution in [3.8, 4) is 0 Å². The Balaban J connectivity index is 1.40. The lowest BCUT2D eigenvalue weighted by atomic mass is 10.0. The molecule has 1 aromatic heterocycles. The molecule has 2 aromatic rings. The van der Waals surface area contributed by atoms with Crippen molar-refractivity contribution in [1.82, 2.24) is 24.9 Å². The summed E-state index contributed by atoms with van der Waals surface area (Å²) in [5.41, 5.74) is 8.20. The highest BCUT2D eigenvalue weighted by Gasteiger charge is 2.32. The molecule has 1 aromatic carbocycles. The lowest BCUT2D eigenvalue weighted by Crippen LogP contribution is -2.56. The molecule has 0 aliphatic carbocycles. The monoisotopic (exact) mass is 428 g/mol. The number of aromatic nitrogens is 2. The number of piperidine rings is 1. The van der Waals surface area contributed by atoms with Gasteiger partial charge in [0.2, 0.25) is 0 Å². The number of likely N-dealkylation sites (tertiary alicyclic amines) is 1. The van der Waals surface area contributed by atoms with Gasteiger partial charge in [0.15, 0.2) is 6.10 Å². The maximum atomic E-state index is 13.2. The number of fused-ring (bicyclic) bond motifs is 1. The number of carbonyl (C=O) groups excluding carboxylic acids is 2. The van der Waals surface area contributed by atoms with Gasteiger partial charge < -0.3 is 20.3 Å². The highest BCUT2D eigenvalue weighted by atomic mass is 16.6. The second kappa shape index (κ2) is 9.23. The molecule has 1 atom stereocenters. The van der Waals surface area contributed by atoms with Gasteiger partial charge in [0, 0.05) is 44.0 Å². The molecule has 2 amide bonds. The summed E-state index contributed by atoms with van der Waals surface area (Å²) in [7, 11) is 2.16. The Hall–Kier alpha value is -2.65. The summed E-state index contributed by atoms with van der Waals surface area (Å²) in [5.74, 6) is -0.174. The first-order valence-corrected chi connectivity index (χ1v) is 11.0. The number of nitrogens with one attached hydrogen (secondary N) is 1. The van der Waals surface area contributed by atoms with E-state index in [9.17, 15) is 9.59 Å². The predicted molar refractivity (Wildman–Crippen MR) is 118 cm³/mol. The smallest absolute Gasteiger partial charge is 0.405 e. The van der Waals surface area contributed by atoms with Crippen LogP contribution in [0.4, 0.5) is 4.79 Å². The maximum absolute atomic E-state index is 13.2. The van der Waals surface area contributed by atoms with Crippen LogP contribution in [0.1, 0.15) is 24.0 Å². The molecule has 9 nitrogen and oxygen atoms in total. The van der Waals surface area contributed by atoms with Crippen LogP contribution >= 0.6 is 0 Å². The van der Waals surface area contributed by atoms with E-state index in [2.05, 4.69) is 27.0 Å². The highest BCUT2D eigenvalue weighted by Crippen LogP contribution is 2.21. The number of H-pyrrole nitrogens is 1. The van der Waals surface area contributed by atoms with Gasteiger partial charge in [0.25, 0.3) is 5.91 Å². The third-order valence-corrected chi connectivity index (χ3v) is 6.59. The van der Waals surface area contributed by atoms with Crippen LogP contribution in [-0.2, 0) is 16.0 Å². The molecule has 3 N–H and O–H groups in total. The summed E-state index contributed by atoms with van der Waals surface area (Å²) in [4.78, 5) is 31.4. The van der Waals surface area contributed by atoms with Gasteiger partial charge in [0.1, 0.15) is 0 Å². The highest BCUT2D eigenvalue weighted by molar-refractivity contribution is 5.85. The van der Waals surface area contributed by atoms with Gasteiger partial charge in [-0.05, 0) is 57.1 Å². The van der Waals surface area contributed by atoms with E-state index < -0.39 is 12.2 Å². The molecule has 0 radical (unpaired) electrons. The number of benzene rings is 1. The summed E-state index contributed by atoms with van der Waals surface area (Å²) in [6.45, 7) is 7.22. The van der Waals surface area contributed by atoms with E-state index >= 15 is 0 Å². The molecule has 2 aliphatic rings. The molecule has 4 rings (SSSR count). The third-order valence-electron chi connectivity index (χ3n) is 6.59. The van der Waals surface area contributed by atoms with Gasteiger partial charge in [-0.2, -0.15) is 5.10 Å². The van der Waals surface area contributed by atoms with E-state index in [1.165, 1.54) is 12.8 Å². The lowest BCUT2D eigenvalue weighted by Gasteiger charge is -2.42. The Kier molecular flexibility index (Phi) is 6.43. The Morgan fingerprint density at radius 1 is 1.19 bits per heavy atom. The fourth-order valence-electron chi connectivity index (χ4n) is 4.84. The molecule has 2 fully saturated rings. The zero-order valence-electron chi connectivity index (χ0n) is 18.3. The largest absolute Gasteiger partial charge is 0.436 e. The van der Waals surface area contributed by atoms with Gasteiger partial charge in [-0.15, -0.1) is 0 Å². The number of piperazine rings is 1. The van der Waals surface area contributed by atoms with Gasteiger partial charge in [-0.25, -0.2) is 4.79 Å². The molecule has 0 spiro atoms. The average Bonchev–Trinajstić information content (AvgIpc) is 3.22. The molecule has 2 saturated heterocycles. The minimum Gasteiger partial charge on any atom is -0.436 e. The quantitative estimate of drug-likeness (QED) is 0.739. The second-order valence-corrected chi connectivity index (χ2v) is 8.77. The lowest BCUT2D eigenvalue weighted by molar-refractivity contribution is -0.142. The van der Waals surface area contributed by atoms with Crippen LogP contribution in [-0.4, -0.2) is 95.4 Å². The Morgan fingerprint density at radius 3 is 2.58 bits per heavy atom. The SMILES string of the molecule is Cc1cc(CC(OC(N)=O)C(=O)N2CCN(C3CCN(C)CC3)CC2)cc2cn[nH]c12. The first kappa shape index (κ1) is 21.6.